The minimum absolute atomic E-state index is 0.198. The molecule has 2 N–H and O–H groups in total. The molecule has 0 saturated heterocycles. The molecule has 3 rings (SSSR count). The SMILES string of the molecule is O=S(=O)(Nc1cccc2cn[nH]c12)c1cccc(Br)c1. The molecule has 0 bridgehead atoms. The first kappa shape index (κ1) is 13.1. The van der Waals surface area contributed by atoms with Crippen molar-refractivity contribution in [3.05, 3.63) is 53.1 Å². The van der Waals surface area contributed by atoms with Crippen LogP contribution in [0.15, 0.2) is 58.0 Å². The fourth-order valence-corrected chi connectivity index (χ4v) is 3.56. The van der Waals surface area contributed by atoms with Crippen LogP contribution < -0.4 is 4.72 Å². The van der Waals surface area contributed by atoms with Crippen LogP contribution in [0.5, 0.6) is 0 Å². The predicted molar refractivity (Wildman–Crippen MR) is 81.0 cm³/mol. The van der Waals surface area contributed by atoms with Crippen molar-refractivity contribution in [2.24, 2.45) is 0 Å². The van der Waals surface area contributed by atoms with E-state index in [1.807, 2.05) is 6.07 Å². The number of halogens is 1. The summed E-state index contributed by atoms with van der Waals surface area (Å²) in [7, 11) is -3.63. The highest BCUT2D eigenvalue weighted by Gasteiger charge is 2.16. The summed E-state index contributed by atoms with van der Waals surface area (Å²) in [4.78, 5) is 0.198. The number of benzene rings is 2. The molecule has 102 valence electrons. The number of hydrogen-bond donors (Lipinski definition) is 2. The van der Waals surface area contributed by atoms with E-state index in [2.05, 4.69) is 30.8 Å². The predicted octanol–water partition coefficient (Wildman–Crippen LogP) is 3.13. The Balaban J connectivity index is 2.04. The third kappa shape index (κ3) is 2.41. The highest BCUT2D eigenvalue weighted by atomic mass is 79.9. The number of H-pyrrole nitrogens is 1. The maximum atomic E-state index is 12.4. The van der Waals surface area contributed by atoms with Gasteiger partial charge in [0.15, 0.2) is 0 Å². The fraction of sp³-hybridized carbons (Fsp3) is 0. The number of nitrogens with zero attached hydrogens (tertiary/aromatic N) is 1. The lowest BCUT2D eigenvalue weighted by Crippen LogP contribution is -2.13. The Labute approximate surface area is 124 Å². The number of sulfonamides is 1. The number of fused-ring (bicyclic) bond motifs is 1. The highest BCUT2D eigenvalue weighted by molar-refractivity contribution is 9.10. The molecule has 2 aromatic carbocycles. The largest absolute Gasteiger partial charge is 0.277 e. The van der Waals surface area contributed by atoms with E-state index in [1.165, 1.54) is 0 Å². The number of hydrogen-bond acceptors (Lipinski definition) is 3. The van der Waals surface area contributed by atoms with Gasteiger partial charge in [0, 0.05) is 9.86 Å². The summed E-state index contributed by atoms with van der Waals surface area (Å²) in [5.41, 5.74) is 1.13. The van der Waals surface area contributed by atoms with Crippen molar-refractivity contribution in [2.75, 3.05) is 4.72 Å². The summed E-state index contributed by atoms with van der Waals surface area (Å²) >= 11 is 3.27. The quantitative estimate of drug-likeness (QED) is 0.761. The van der Waals surface area contributed by atoms with Crippen LogP contribution in [-0.2, 0) is 10.0 Å². The third-order valence-electron chi connectivity index (χ3n) is 2.83. The standard InChI is InChI=1S/C13H10BrN3O2S/c14-10-4-2-5-11(7-10)20(18,19)17-12-6-1-3-9-8-15-16-13(9)12/h1-8,17H,(H,15,16). The monoisotopic (exact) mass is 351 g/mol. The van der Waals surface area contributed by atoms with Gasteiger partial charge in [-0.05, 0) is 24.3 Å². The van der Waals surface area contributed by atoms with Crippen LogP contribution in [-0.4, -0.2) is 18.6 Å². The molecule has 3 aromatic rings. The molecule has 0 fully saturated rings. The van der Waals surface area contributed by atoms with Gasteiger partial charge in [-0.3, -0.25) is 9.82 Å². The van der Waals surface area contributed by atoms with Crippen LogP contribution in [0.25, 0.3) is 10.9 Å². The Kier molecular flexibility index (Phi) is 3.23. The van der Waals surface area contributed by atoms with Crippen molar-refractivity contribution in [3.63, 3.8) is 0 Å². The zero-order chi connectivity index (χ0) is 14.2. The maximum absolute atomic E-state index is 12.4. The first-order valence-electron chi connectivity index (χ1n) is 5.77. The second-order valence-electron chi connectivity index (χ2n) is 4.20. The second kappa shape index (κ2) is 4.92. The number of nitrogens with one attached hydrogen (secondary N) is 2. The molecule has 0 aliphatic heterocycles. The minimum atomic E-state index is -3.63. The summed E-state index contributed by atoms with van der Waals surface area (Å²) < 4.78 is 28.0. The maximum Gasteiger partial charge on any atom is 0.262 e. The molecule has 0 amide bonds. The summed E-state index contributed by atoms with van der Waals surface area (Å²) in [6.45, 7) is 0. The summed E-state index contributed by atoms with van der Waals surface area (Å²) in [5.74, 6) is 0. The lowest BCUT2D eigenvalue weighted by Gasteiger charge is -2.09. The Morgan fingerprint density at radius 1 is 1.15 bits per heavy atom. The minimum Gasteiger partial charge on any atom is -0.277 e. The molecule has 0 radical (unpaired) electrons. The molecule has 0 saturated carbocycles. The number of aromatic amines is 1. The molecule has 0 atom stereocenters. The van der Waals surface area contributed by atoms with Crippen LogP contribution in [0.2, 0.25) is 0 Å². The van der Waals surface area contributed by atoms with Crippen molar-refractivity contribution in [1.82, 2.24) is 10.2 Å². The van der Waals surface area contributed by atoms with Crippen LogP contribution in [0.3, 0.4) is 0 Å². The van der Waals surface area contributed by atoms with Crippen LogP contribution in [0, 0.1) is 0 Å². The smallest absolute Gasteiger partial charge is 0.262 e. The fourth-order valence-electron chi connectivity index (χ4n) is 1.89. The Morgan fingerprint density at radius 2 is 1.95 bits per heavy atom. The lowest BCUT2D eigenvalue weighted by atomic mass is 10.2. The van der Waals surface area contributed by atoms with Crippen molar-refractivity contribution in [3.8, 4) is 0 Å². The number of para-hydroxylation sites is 1. The van der Waals surface area contributed by atoms with Gasteiger partial charge in [0.05, 0.1) is 22.3 Å². The first-order valence-corrected chi connectivity index (χ1v) is 8.04. The van der Waals surface area contributed by atoms with Gasteiger partial charge in [-0.15, -0.1) is 0 Å². The van der Waals surface area contributed by atoms with Gasteiger partial charge in [-0.1, -0.05) is 34.1 Å². The zero-order valence-corrected chi connectivity index (χ0v) is 12.6. The summed E-state index contributed by atoms with van der Waals surface area (Å²) in [6, 6.07) is 11.9. The van der Waals surface area contributed by atoms with E-state index in [0.29, 0.717) is 15.7 Å². The van der Waals surface area contributed by atoms with Gasteiger partial charge in [-0.2, -0.15) is 5.10 Å². The molecule has 0 aliphatic carbocycles. The van der Waals surface area contributed by atoms with Crippen LogP contribution in [0.4, 0.5) is 5.69 Å². The summed E-state index contributed by atoms with van der Waals surface area (Å²) in [5, 5.41) is 7.55. The molecular formula is C13H10BrN3O2S. The van der Waals surface area contributed by atoms with E-state index in [1.54, 1.807) is 42.6 Å². The van der Waals surface area contributed by atoms with E-state index in [4.69, 9.17) is 0 Å². The Hall–Kier alpha value is -1.86. The molecule has 1 heterocycles. The highest BCUT2D eigenvalue weighted by Crippen LogP contribution is 2.24. The van der Waals surface area contributed by atoms with E-state index in [0.717, 1.165) is 5.39 Å². The van der Waals surface area contributed by atoms with Gasteiger partial charge >= 0.3 is 0 Å². The van der Waals surface area contributed by atoms with Gasteiger partial charge in [0.25, 0.3) is 10.0 Å². The number of anilines is 1. The lowest BCUT2D eigenvalue weighted by molar-refractivity contribution is 0.601. The van der Waals surface area contributed by atoms with E-state index >= 15 is 0 Å². The van der Waals surface area contributed by atoms with Crippen molar-refractivity contribution < 1.29 is 8.42 Å². The zero-order valence-electron chi connectivity index (χ0n) is 10.2. The molecule has 0 aliphatic rings. The molecular weight excluding hydrogens is 342 g/mol. The molecule has 7 heteroatoms. The van der Waals surface area contributed by atoms with E-state index in [-0.39, 0.29) is 4.90 Å². The van der Waals surface area contributed by atoms with Crippen LogP contribution >= 0.6 is 15.9 Å². The van der Waals surface area contributed by atoms with E-state index in [9.17, 15) is 8.42 Å². The molecule has 0 unspecified atom stereocenters. The van der Waals surface area contributed by atoms with Gasteiger partial charge in [-0.25, -0.2) is 8.42 Å². The summed E-state index contributed by atoms with van der Waals surface area (Å²) in [6.07, 6.45) is 1.65. The molecule has 20 heavy (non-hydrogen) atoms. The second-order valence-corrected chi connectivity index (χ2v) is 6.80. The topological polar surface area (TPSA) is 74.8 Å². The Bertz CT molecular complexity index is 874. The average Bonchev–Trinajstić information content (AvgIpc) is 2.88. The van der Waals surface area contributed by atoms with Crippen molar-refractivity contribution >= 4 is 42.5 Å². The van der Waals surface area contributed by atoms with Gasteiger partial charge in [0.1, 0.15) is 0 Å². The number of aromatic nitrogens is 2. The third-order valence-corrected chi connectivity index (χ3v) is 4.68. The van der Waals surface area contributed by atoms with Crippen molar-refractivity contribution in [2.45, 2.75) is 4.90 Å². The molecule has 0 spiro atoms. The molecule has 1 aromatic heterocycles. The Morgan fingerprint density at radius 3 is 2.75 bits per heavy atom. The molecule has 5 nitrogen and oxygen atoms in total. The van der Waals surface area contributed by atoms with Gasteiger partial charge < -0.3 is 0 Å². The average molecular weight is 352 g/mol. The normalized spacial score (nSPS) is 11.7. The first-order chi connectivity index (χ1) is 9.56. The van der Waals surface area contributed by atoms with Gasteiger partial charge in [0.2, 0.25) is 0 Å². The van der Waals surface area contributed by atoms with Crippen molar-refractivity contribution in [1.29, 1.82) is 0 Å². The van der Waals surface area contributed by atoms with E-state index < -0.39 is 10.0 Å². The van der Waals surface area contributed by atoms with Crippen LogP contribution in [0.1, 0.15) is 0 Å². The number of rotatable bonds is 3.